The number of rotatable bonds is 10. The molecule has 1 amide bonds. The first-order valence-electron chi connectivity index (χ1n) is 9.25. The second kappa shape index (κ2) is 10.1. The van der Waals surface area contributed by atoms with Gasteiger partial charge in [0.25, 0.3) is 0 Å². The molecule has 0 saturated heterocycles. The minimum atomic E-state index is -0.611. The molecule has 2 aromatic carbocycles. The minimum Gasteiger partial charge on any atom is -0.508 e. The van der Waals surface area contributed by atoms with E-state index in [0.29, 0.717) is 19.3 Å². The van der Waals surface area contributed by atoms with Gasteiger partial charge in [-0.1, -0.05) is 42.5 Å². The highest BCUT2D eigenvalue weighted by Gasteiger charge is 2.27. The van der Waals surface area contributed by atoms with Gasteiger partial charge in [-0.2, -0.15) is 0 Å². The van der Waals surface area contributed by atoms with Crippen molar-refractivity contribution in [1.29, 1.82) is 0 Å². The van der Waals surface area contributed by atoms with E-state index in [4.69, 9.17) is 4.74 Å². The Morgan fingerprint density at radius 1 is 1.11 bits per heavy atom. The third kappa shape index (κ3) is 7.81. The number of aryl methyl sites for hydroxylation is 1. The van der Waals surface area contributed by atoms with Crippen molar-refractivity contribution in [3.8, 4) is 5.75 Å². The summed E-state index contributed by atoms with van der Waals surface area (Å²) in [4.78, 5) is 12.5. The first-order valence-corrected chi connectivity index (χ1v) is 9.25. The van der Waals surface area contributed by atoms with Crippen LogP contribution in [-0.2, 0) is 22.4 Å². The van der Waals surface area contributed by atoms with Gasteiger partial charge in [0.2, 0.25) is 5.91 Å². The summed E-state index contributed by atoms with van der Waals surface area (Å²) in [5, 5.41) is 22.0. The van der Waals surface area contributed by atoms with Gasteiger partial charge in [-0.05, 0) is 49.9 Å². The Hall–Kier alpha value is -2.37. The van der Waals surface area contributed by atoms with Crippen molar-refractivity contribution in [2.75, 3.05) is 13.2 Å². The second-order valence-electron chi connectivity index (χ2n) is 7.30. The third-order valence-corrected chi connectivity index (χ3v) is 4.24. The van der Waals surface area contributed by atoms with Crippen molar-refractivity contribution in [3.05, 3.63) is 65.7 Å². The second-order valence-corrected chi connectivity index (χ2v) is 7.30. The number of hydrogen-bond donors (Lipinski definition) is 3. The number of carbonyl (C=O) groups excluding carboxylic acids is 1. The van der Waals surface area contributed by atoms with Crippen molar-refractivity contribution >= 4 is 5.91 Å². The number of aliphatic hydroxyl groups is 1. The summed E-state index contributed by atoms with van der Waals surface area (Å²) >= 11 is 0. The number of aliphatic hydroxyl groups excluding tert-OH is 1. The van der Waals surface area contributed by atoms with Crippen LogP contribution in [0.2, 0.25) is 0 Å². The van der Waals surface area contributed by atoms with Gasteiger partial charge < -0.3 is 20.3 Å². The van der Waals surface area contributed by atoms with Crippen molar-refractivity contribution < 1.29 is 19.7 Å². The standard InChI is InChI=1S/C22H29NO4/c1-17(24)15-27-16-22(2,14-19-8-11-20(25)12-9-19)23-21(26)13-10-18-6-4-3-5-7-18/h3-9,11-12,17,24-25H,10,13-16H2,1-2H3,(H,23,26)/t17?,22-/m1/s1. The average Bonchev–Trinajstić information content (AvgIpc) is 2.62. The number of aromatic hydroxyl groups is 1. The zero-order valence-corrected chi connectivity index (χ0v) is 16.0. The lowest BCUT2D eigenvalue weighted by molar-refractivity contribution is -0.123. The van der Waals surface area contributed by atoms with Crippen LogP contribution in [0.15, 0.2) is 54.6 Å². The number of amides is 1. The van der Waals surface area contributed by atoms with E-state index < -0.39 is 11.6 Å². The molecular weight excluding hydrogens is 342 g/mol. The van der Waals surface area contributed by atoms with Crippen LogP contribution in [0.5, 0.6) is 5.75 Å². The monoisotopic (exact) mass is 371 g/mol. The molecule has 0 fully saturated rings. The van der Waals surface area contributed by atoms with E-state index >= 15 is 0 Å². The number of hydrogen-bond acceptors (Lipinski definition) is 4. The molecule has 5 heteroatoms. The van der Waals surface area contributed by atoms with E-state index in [1.807, 2.05) is 49.4 Å². The number of benzene rings is 2. The molecule has 0 aliphatic carbocycles. The van der Waals surface area contributed by atoms with Crippen LogP contribution in [0.3, 0.4) is 0 Å². The Bertz CT molecular complexity index is 700. The normalized spacial score (nSPS) is 14.3. The van der Waals surface area contributed by atoms with E-state index in [1.54, 1.807) is 19.1 Å². The van der Waals surface area contributed by atoms with Gasteiger partial charge in [-0.15, -0.1) is 0 Å². The van der Waals surface area contributed by atoms with Crippen LogP contribution in [0.4, 0.5) is 0 Å². The number of ether oxygens (including phenoxy) is 1. The summed E-state index contributed by atoms with van der Waals surface area (Å²) in [6.07, 6.45) is 1.07. The maximum Gasteiger partial charge on any atom is 0.220 e. The summed E-state index contributed by atoms with van der Waals surface area (Å²) < 4.78 is 5.61. The SMILES string of the molecule is CC(O)COC[C@@](C)(Cc1ccc(O)cc1)NC(=O)CCc1ccccc1. The molecule has 0 aromatic heterocycles. The Balaban J connectivity index is 1.98. The highest BCUT2D eigenvalue weighted by atomic mass is 16.5. The fraction of sp³-hybridized carbons (Fsp3) is 0.409. The Morgan fingerprint density at radius 3 is 2.41 bits per heavy atom. The molecule has 0 radical (unpaired) electrons. The van der Waals surface area contributed by atoms with Crippen molar-refractivity contribution in [3.63, 3.8) is 0 Å². The van der Waals surface area contributed by atoms with Gasteiger partial charge in [-0.3, -0.25) is 4.79 Å². The third-order valence-electron chi connectivity index (χ3n) is 4.24. The number of carbonyl (C=O) groups is 1. The molecular formula is C22H29NO4. The van der Waals surface area contributed by atoms with Gasteiger partial charge in [0.1, 0.15) is 5.75 Å². The molecule has 2 aromatic rings. The van der Waals surface area contributed by atoms with Crippen LogP contribution >= 0.6 is 0 Å². The summed E-state index contributed by atoms with van der Waals surface area (Å²) in [5.74, 6) is 0.165. The van der Waals surface area contributed by atoms with E-state index in [2.05, 4.69) is 5.32 Å². The maximum absolute atomic E-state index is 12.5. The predicted molar refractivity (Wildman–Crippen MR) is 106 cm³/mol. The first kappa shape index (κ1) is 20.9. The largest absolute Gasteiger partial charge is 0.508 e. The fourth-order valence-corrected chi connectivity index (χ4v) is 2.95. The molecule has 2 rings (SSSR count). The molecule has 1 unspecified atom stereocenters. The van der Waals surface area contributed by atoms with E-state index in [9.17, 15) is 15.0 Å². The fourth-order valence-electron chi connectivity index (χ4n) is 2.95. The van der Waals surface area contributed by atoms with Gasteiger partial charge in [0, 0.05) is 6.42 Å². The highest BCUT2D eigenvalue weighted by molar-refractivity contribution is 5.77. The number of nitrogens with one attached hydrogen (secondary N) is 1. The van der Waals surface area contributed by atoms with Crippen LogP contribution in [0, 0.1) is 0 Å². The van der Waals surface area contributed by atoms with Gasteiger partial charge in [0.05, 0.1) is 24.9 Å². The van der Waals surface area contributed by atoms with Crippen LogP contribution in [0.25, 0.3) is 0 Å². The Kier molecular flexibility index (Phi) is 7.82. The first-order chi connectivity index (χ1) is 12.9. The van der Waals surface area contributed by atoms with Gasteiger partial charge >= 0.3 is 0 Å². The summed E-state index contributed by atoms with van der Waals surface area (Å²) in [6.45, 7) is 4.10. The van der Waals surface area contributed by atoms with Crippen LogP contribution in [-0.4, -0.2) is 41.0 Å². The zero-order chi connectivity index (χ0) is 19.7. The van der Waals surface area contributed by atoms with E-state index in [-0.39, 0.29) is 24.9 Å². The molecule has 0 aliphatic heterocycles. The Labute approximate surface area is 161 Å². The molecule has 27 heavy (non-hydrogen) atoms. The van der Waals surface area contributed by atoms with Crippen molar-refractivity contribution in [2.24, 2.45) is 0 Å². The lowest BCUT2D eigenvalue weighted by Crippen LogP contribution is -2.51. The number of phenolic OH excluding ortho intramolecular Hbond substituents is 1. The van der Waals surface area contributed by atoms with Crippen LogP contribution in [0.1, 0.15) is 31.4 Å². The van der Waals surface area contributed by atoms with E-state index in [0.717, 1.165) is 11.1 Å². The predicted octanol–water partition coefficient (Wildman–Crippen LogP) is 2.84. The van der Waals surface area contributed by atoms with Crippen molar-refractivity contribution in [1.82, 2.24) is 5.32 Å². The smallest absolute Gasteiger partial charge is 0.220 e. The van der Waals surface area contributed by atoms with Crippen LogP contribution < -0.4 is 5.32 Å². The average molecular weight is 371 g/mol. The topological polar surface area (TPSA) is 78.8 Å². The molecule has 0 spiro atoms. The molecule has 5 nitrogen and oxygen atoms in total. The molecule has 146 valence electrons. The lowest BCUT2D eigenvalue weighted by Gasteiger charge is -2.31. The highest BCUT2D eigenvalue weighted by Crippen LogP contribution is 2.18. The summed E-state index contributed by atoms with van der Waals surface area (Å²) in [7, 11) is 0. The molecule has 0 saturated carbocycles. The van der Waals surface area contributed by atoms with Gasteiger partial charge in [-0.25, -0.2) is 0 Å². The molecule has 0 bridgehead atoms. The summed E-state index contributed by atoms with van der Waals surface area (Å²) in [6, 6.07) is 16.8. The quantitative estimate of drug-likeness (QED) is 0.600. The Morgan fingerprint density at radius 2 is 1.78 bits per heavy atom. The van der Waals surface area contributed by atoms with E-state index in [1.165, 1.54) is 0 Å². The molecule has 3 N–H and O–H groups in total. The van der Waals surface area contributed by atoms with Crippen molar-refractivity contribution in [2.45, 2.75) is 44.8 Å². The lowest BCUT2D eigenvalue weighted by atomic mass is 9.93. The number of phenols is 1. The van der Waals surface area contributed by atoms with Gasteiger partial charge in [0.15, 0.2) is 0 Å². The molecule has 0 heterocycles. The summed E-state index contributed by atoms with van der Waals surface area (Å²) in [5.41, 5.74) is 1.50. The zero-order valence-electron chi connectivity index (χ0n) is 16.0. The minimum absolute atomic E-state index is 0.0409. The molecule has 0 aliphatic rings. The molecule has 2 atom stereocenters. The maximum atomic E-state index is 12.5.